The van der Waals surface area contributed by atoms with E-state index in [1.807, 2.05) is 18.2 Å². The molecule has 0 bridgehead atoms. The molecule has 0 aliphatic carbocycles. The van der Waals surface area contributed by atoms with Crippen molar-refractivity contribution < 1.29 is 14.3 Å². The largest absolute Gasteiger partial charge is 0.497 e. The molecule has 0 spiro atoms. The lowest BCUT2D eigenvalue weighted by molar-refractivity contribution is -0.141. The van der Waals surface area contributed by atoms with Crippen molar-refractivity contribution in [3.05, 3.63) is 28.2 Å². The maximum absolute atomic E-state index is 11.3. The van der Waals surface area contributed by atoms with Crippen molar-refractivity contribution in [2.75, 3.05) is 14.2 Å². The van der Waals surface area contributed by atoms with Gasteiger partial charge in [0.2, 0.25) is 5.16 Å². The van der Waals surface area contributed by atoms with Gasteiger partial charge < -0.3 is 9.47 Å². The number of halogens is 1. The van der Waals surface area contributed by atoms with Gasteiger partial charge in [-0.25, -0.2) is 4.68 Å². The third-order valence-electron chi connectivity index (χ3n) is 2.62. The third kappa shape index (κ3) is 4.18. The van der Waals surface area contributed by atoms with Gasteiger partial charge in [0.15, 0.2) is 0 Å². The molecule has 0 atom stereocenters. The zero-order chi connectivity index (χ0) is 15.2. The molecule has 0 unspecified atom stereocenters. The molecule has 2 rings (SSSR count). The van der Waals surface area contributed by atoms with Crippen LogP contribution in [0.15, 0.2) is 27.8 Å². The number of nitrogens with zero attached hydrogens (tertiary/aromatic N) is 4. The average molecular weight is 373 g/mol. The number of tetrazole rings is 1. The lowest BCUT2D eigenvalue weighted by atomic mass is 10.2. The van der Waals surface area contributed by atoms with Gasteiger partial charge in [0.1, 0.15) is 12.3 Å². The van der Waals surface area contributed by atoms with E-state index in [1.165, 1.54) is 23.6 Å². The van der Waals surface area contributed by atoms with Crippen molar-refractivity contribution in [3.63, 3.8) is 0 Å². The minimum atomic E-state index is -0.397. The summed E-state index contributed by atoms with van der Waals surface area (Å²) < 4.78 is 12.2. The van der Waals surface area contributed by atoms with Crippen molar-refractivity contribution in [3.8, 4) is 5.75 Å². The maximum atomic E-state index is 11.3. The monoisotopic (exact) mass is 372 g/mol. The van der Waals surface area contributed by atoms with E-state index in [2.05, 4.69) is 36.2 Å². The Morgan fingerprint density at radius 3 is 2.95 bits per heavy atom. The highest BCUT2D eigenvalue weighted by atomic mass is 79.9. The lowest BCUT2D eigenvalue weighted by Gasteiger charge is -2.07. The molecule has 1 aromatic heterocycles. The maximum Gasteiger partial charge on any atom is 0.327 e. The molecule has 0 aliphatic heterocycles. The number of rotatable bonds is 6. The van der Waals surface area contributed by atoms with Gasteiger partial charge >= 0.3 is 5.97 Å². The lowest BCUT2D eigenvalue weighted by Crippen LogP contribution is -2.13. The van der Waals surface area contributed by atoms with Crippen LogP contribution < -0.4 is 4.74 Å². The van der Waals surface area contributed by atoms with Gasteiger partial charge in [-0.05, 0) is 34.2 Å². The van der Waals surface area contributed by atoms with E-state index in [0.29, 0.717) is 10.9 Å². The predicted molar refractivity (Wildman–Crippen MR) is 80.1 cm³/mol. The number of methoxy groups -OCH3 is 2. The molecule has 112 valence electrons. The Balaban J connectivity index is 2.07. The van der Waals surface area contributed by atoms with E-state index in [9.17, 15) is 4.79 Å². The van der Waals surface area contributed by atoms with Crippen molar-refractivity contribution in [2.24, 2.45) is 0 Å². The molecule has 1 aromatic carbocycles. The summed E-state index contributed by atoms with van der Waals surface area (Å²) in [6, 6.07) is 5.73. The molecule has 2 aromatic rings. The number of aromatic nitrogens is 4. The molecule has 0 amide bonds. The Morgan fingerprint density at radius 2 is 2.24 bits per heavy atom. The topological polar surface area (TPSA) is 79.1 Å². The number of hydrogen-bond acceptors (Lipinski definition) is 7. The summed E-state index contributed by atoms with van der Waals surface area (Å²) in [5, 5.41) is 11.8. The number of ether oxygens (including phenoxy) is 2. The van der Waals surface area contributed by atoms with Crippen LogP contribution in [0.2, 0.25) is 0 Å². The van der Waals surface area contributed by atoms with E-state index < -0.39 is 5.97 Å². The van der Waals surface area contributed by atoms with Gasteiger partial charge in [-0.3, -0.25) is 4.79 Å². The van der Waals surface area contributed by atoms with Crippen LogP contribution in [0, 0.1) is 0 Å². The summed E-state index contributed by atoms with van der Waals surface area (Å²) in [4.78, 5) is 11.3. The molecule has 0 radical (unpaired) electrons. The molecular weight excluding hydrogens is 360 g/mol. The first-order chi connectivity index (χ1) is 10.1. The van der Waals surface area contributed by atoms with Gasteiger partial charge in [-0.1, -0.05) is 27.7 Å². The average Bonchev–Trinajstić information content (AvgIpc) is 2.93. The fraction of sp³-hybridized carbons (Fsp3) is 0.333. The zero-order valence-corrected chi connectivity index (χ0v) is 13.8. The highest BCUT2D eigenvalue weighted by Gasteiger charge is 2.12. The van der Waals surface area contributed by atoms with Crippen LogP contribution in [0.4, 0.5) is 0 Å². The second-order valence-electron chi connectivity index (χ2n) is 3.94. The van der Waals surface area contributed by atoms with Gasteiger partial charge in [-0.15, -0.1) is 5.10 Å². The van der Waals surface area contributed by atoms with Crippen LogP contribution in [0.1, 0.15) is 5.56 Å². The Morgan fingerprint density at radius 1 is 1.43 bits per heavy atom. The number of esters is 1. The Bertz CT molecular complexity index is 635. The summed E-state index contributed by atoms with van der Waals surface area (Å²) in [6.45, 7) is -0.00882. The van der Waals surface area contributed by atoms with Gasteiger partial charge in [0, 0.05) is 10.2 Å². The number of thioether (sulfide) groups is 1. The summed E-state index contributed by atoms with van der Waals surface area (Å²) in [7, 11) is 2.95. The molecule has 0 saturated carbocycles. The first kappa shape index (κ1) is 15.8. The van der Waals surface area contributed by atoms with Crippen molar-refractivity contribution in [1.29, 1.82) is 0 Å². The van der Waals surface area contributed by atoms with Crippen molar-refractivity contribution in [1.82, 2.24) is 20.2 Å². The fourth-order valence-corrected chi connectivity index (χ4v) is 2.96. The molecule has 0 fully saturated rings. The minimum Gasteiger partial charge on any atom is -0.497 e. The second-order valence-corrected chi connectivity index (χ2v) is 5.74. The van der Waals surface area contributed by atoms with Gasteiger partial charge in [0.25, 0.3) is 0 Å². The van der Waals surface area contributed by atoms with E-state index >= 15 is 0 Å². The smallest absolute Gasteiger partial charge is 0.327 e. The molecule has 21 heavy (non-hydrogen) atoms. The number of carbonyl (C=O) groups excluding carboxylic acids is 1. The Labute approximate surface area is 134 Å². The Kier molecular flexibility index (Phi) is 5.57. The van der Waals surface area contributed by atoms with Crippen LogP contribution in [-0.4, -0.2) is 40.4 Å². The van der Waals surface area contributed by atoms with E-state index in [-0.39, 0.29) is 6.54 Å². The molecule has 9 heteroatoms. The highest BCUT2D eigenvalue weighted by molar-refractivity contribution is 9.10. The predicted octanol–water partition coefficient (Wildman–Crippen LogP) is 1.91. The van der Waals surface area contributed by atoms with Crippen molar-refractivity contribution in [2.45, 2.75) is 17.5 Å². The normalized spacial score (nSPS) is 10.4. The Hall–Kier alpha value is -1.61. The van der Waals surface area contributed by atoms with Gasteiger partial charge in [0.05, 0.1) is 14.2 Å². The quantitative estimate of drug-likeness (QED) is 0.565. The third-order valence-corrected chi connectivity index (χ3v) is 4.39. The fourth-order valence-electron chi connectivity index (χ4n) is 1.52. The van der Waals surface area contributed by atoms with E-state index in [4.69, 9.17) is 4.74 Å². The zero-order valence-electron chi connectivity index (χ0n) is 11.4. The SMILES string of the molecule is COC(=O)Cn1nnnc1SCc1cc(OC)ccc1Br. The van der Waals surface area contributed by atoms with Crippen LogP contribution >= 0.6 is 27.7 Å². The first-order valence-corrected chi connectivity index (χ1v) is 7.70. The van der Waals surface area contributed by atoms with E-state index in [1.54, 1.807) is 7.11 Å². The summed E-state index contributed by atoms with van der Waals surface area (Å²) >= 11 is 4.92. The second kappa shape index (κ2) is 7.41. The number of hydrogen-bond donors (Lipinski definition) is 0. The van der Waals surface area contributed by atoms with Crippen LogP contribution in [0.5, 0.6) is 5.75 Å². The van der Waals surface area contributed by atoms with Gasteiger partial charge in [-0.2, -0.15) is 0 Å². The summed E-state index contributed by atoms with van der Waals surface area (Å²) in [5.74, 6) is 1.02. The van der Waals surface area contributed by atoms with Crippen LogP contribution in [0.3, 0.4) is 0 Å². The van der Waals surface area contributed by atoms with Crippen molar-refractivity contribution >= 4 is 33.7 Å². The molecular formula is C12H13BrN4O3S. The number of benzene rings is 1. The van der Waals surface area contributed by atoms with Crippen LogP contribution in [-0.2, 0) is 21.8 Å². The molecule has 0 N–H and O–H groups in total. The van der Waals surface area contributed by atoms with E-state index in [0.717, 1.165) is 15.8 Å². The molecule has 1 heterocycles. The molecule has 0 aliphatic rings. The minimum absolute atomic E-state index is 0.00882. The standard InChI is InChI=1S/C12H13BrN4O3S/c1-19-9-3-4-10(13)8(5-9)7-21-12-14-15-16-17(12)6-11(18)20-2/h3-5H,6-7H2,1-2H3. The highest BCUT2D eigenvalue weighted by Crippen LogP contribution is 2.28. The summed E-state index contributed by atoms with van der Waals surface area (Å²) in [6.07, 6.45) is 0. The first-order valence-electron chi connectivity index (χ1n) is 5.92. The molecule has 0 saturated heterocycles. The van der Waals surface area contributed by atoms with Crippen LogP contribution in [0.25, 0.3) is 0 Å². The number of carbonyl (C=O) groups is 1. The molecule has 7 nitrogen and oxygen atoms in total. The summed E-state index contributed by atoms with van der Waals surface area (Å²) in [5.41, 5.74) is 1.05.